The Morgan fingerprint density at radius 1 is 0.667 bits per heavy atom. The van der Waals surface area contributed by atoms with E-state index in [1.165, 1.54) is 11.1 Å². The van der Waals surface area contributed by atoms with Gasteiger partial charge in [0.1, 0.15) is 0 Å². The fourth-order valence-electron chi connectivity index (χ4n) is 1.67. The molecule has 0 spiro atoms. The van der Waals surface area contributed by atoms with Gasteiger partial charge in [-0.3, -0.25) is 0 Å². The van der Waals surface area contributed by atoms with Crippen molar-refractivity contribution in [2.45, 2.75) is 6.42 Å². The third-order valence-electron chi connectivity index (χ3n) is 2.61. The highest BCUT2D eigenvalue weighted by Gasteiger charge is 1.84. The lowest BCUT2D eigenvalue weighted by Gasteiger charge is -1.92. The number of unbranched alkanes of at least 4 members (excludes halogenated alkanes) is 1. The molecule has 0 amide bonds. The van der Waals surface area contributed by atoms with Crippen molar-refractivity contribution in [3.63, 3.8) is 0 Å². The van der Waals surface area contributed by atoms with Crippen molar-refractivity contribution in [1.29, 1.82) is 0 Å². The first-order valence-electron chi connectivity index (χ1n) is 6.22. The van der Waals surface area contributed by atoms with Crippen molar-refractivity contribution >= 4 is 12.2 Å². The molecule has 18 heavy (non-hydrogen) atoms. The highest BCUT2D eigenvalue weighted by atomic mass is 13.9. The maximum absolute atomic E-state index is 2.17. The van der Waals surface area contributed by atoms with Gasteiger partial charge in [0.15, 0.2) is 0 Å². The van der Waals surface area contributed by atoms with Crippen molar-refractivity contribution in [1.82, 2.24) is 0 Å². The molecule has 0 heteroatoms. The van der Waals surface area contributed by atoms with Gasteiger partial charge < -0.3 is 0 Å². The second kappa shape index (κ2) is 7.29. The van der Waals surface area contributed by atoms with Gasteiger partial charge in [-0.2, -0.15) is 0 Å². The zero-order valence-electron chi connectivity index (χ0n) is 10.4. The second-order valence-corrected chi connectivity index (χ2v) is 4.05. The molecule has 2 aromatic carbocycles. The summed E-state index contributed by atoms with van der Waals surface area (Å²) in [7, 11) is 0. The number of benzene rings is 2. The minimum absolute atomic E-state index is 0.957. The van der Waals surface area contributed by atoms with Crippen molar-refractivity contribution in [2.75, 3.05) is 0 Å². The minimum atomic E-state index is 0.957. The van der Waals surface area contributed by atoms with Crippen LogP contribution in [-0.2, 0) is 0 Å². The maximum Gasteiger partial charge on any atom is -0.0129 e. The summed E-state index contributed by atoms with van der Waals surface area (Å²) >= 11 is 0. The summed E-state index contributed by atoms with van der Waals surface area (Å²) in [5.74, 6) is 0. The molecule has 0 saturated carbocycles. The van der Waals surface area contributed by atoms with Gasteiger partial charge in [-0.25, -0.2) is 0 Å². The predicted octanol–water partition coefficient (Wildman–Crippen LogP) is 5.01. The first kappa shape index (κ1) is 12.4. The van der Waals surface area contributed by atoms with E-state index in [2.05, 4.69) is 79.3 Å². The number of hydrogen-bond acceptors (Lipinski definition) is 0. The Morgan fingerprint density at radius 3 is 1.83 bits per heavy atom. The molecule has 1 radical (unpaired) electrons. The standard InChI is InChI=1S/C18H17/c1(5-11-17-13-7-3-8-14-17)2-6-12-18-15-9-4-10-16-18/h1,3-16H,2H2. The molecule has 89 valence electrons. The lowest BCUT2D eigenvalue weighted by Crippen LogP contribution is -1.71. The Labute approximate surface area is 109 Å². The van der Waals surface area contributed by atoms with E-state index in [1.54, 1.807) is 0 Å². The minimum Gasteiger partial charge on any atom is -0.0833 e. The fraction of sp³-hybridized carbons (Fsp3) is 0.0556. The molecular weight excluding hydrogens is 216 g/mol. The first-order chi connectivity index (χ1) is 8.95. The average molecular weight is 233 g/mol. The van der Waals surface area contributed by atoms with E-state index in [0.717, 1.165) is 6.42 Å². The van der Waals surface area contributed by atoms with Gasteiger partial charge in [-0.1, -0.05) is 85.0 Å². The highest BCUT2D eigenvalue weighted by molar-refractivity contribution is 5.51. The summed E-state index contributed by atoms with van der Waals surface area (Å²) in [6.07, 6.45) is 11.7. The lowest BCUT2D eigenvalue weighted by atomic mass is 10.1. The molecule has 0 bridgehead atoms. The molecule has 0 unspecified atom stereocenters. The van der Waals surface area contributed by atoms with E-state index < -0.39 is 0 Å². The summed E-state index contributed by atoms with van der Waals surface area (Å²) in [5.41, 5.74) is 2.48. The Morgan fingerprint density at radius 2 is 1.22 bits per heavy atom. The van der Waals surface area contributed by atoms with Crippen LogP contribution in [0.15, 0.2) is 72.8 Å². The van der Waals surface area contributed by atoms with Gasteiger partial charge in [0, 0.05) is 0 Å². The zero-order valence-corrected chi connectivity index (χ0v) is 10.4. The van der Waals surface area contributed by atoms with Crippen LogP contribution in [0, 0.1) is 6.42 Å². The monoisotopic (exact) mass is 233 g/mol. The summed E-state index contributed by atoms with van der Waals surface area (Å²) < 4.78 is 0. The quantitative estimate of drug-likeness (QED) is 0.637. The van der Waals surface area contributed by atoms with Gasteiger partial charge in [-0.15, -0.1) is 0 Å². The van der Waals surface area contributed by atoms with Crippen LogP contribution in [0.1, 0.15) is 17.5 Å². The third kappa shape index (κ3) is 4.42. The molecule has 0 saturated heterocycles. The van der Waals surface area contributed by atoms with Crippen molar-refractivity contribution in [2.24, 2.45) is 0 Å². The van der Waals surface area contributed by atoms with E-state index in [9.17, 15) is 0 Å². The molecule has 0 atom stereocenters. The smallest absolute Gasteiger partial charge is 0.0129 e. The fourth-order valence-corrected chi connectivity index (χ4v) is 1.67. The molecule has 2 aromatic rings. The Hall–Kier alpha value is -2.08. The van der Waals surface area contributed by atoms with E-state index in [-0.39, 0.29) is 0 Å². The summed E-state index contributed by atoms with van der Waals surface area (Å²) in [4.78, 5) is 0. The van der Waals surface area contributed by atoms with Crippen LogP contribution in [-0.4, -0.2) is 0 Å². The predicted molar refractivity (Wildman–Crippen MR) is 79.9 cm³/mol. The summed E-state index contributed by atoms with van der Waals surface area (Å²) in [5, 5.41) is 0. The van der Waals surface area contributed by atoms with Crippen LogP contribution in [0.3, 0.4) is 0 Å². The van der Waals surface area contributed by atoms with Gasteiger partial charge in [-0.05, 0) is 24.0 Å². The van der Waals surface area contributed by atoms with E-state index in [4.69, 9.17) is 0 Å². The third-order valence-corrected chi connectivity index (χ3v) is 2.61. The van der Waals surface area contributed by atoms with Gasteiger partial charge in [0.05, 0.1) is 0 Å². The Bertz CT molecular complexity index is 443. The second-order valence-electron chi connectivity index (χ2n) is 4.05. The molecule has 0 heterocycles. The number of allylic oxidation sites excluding steroid dienone is 2. The molecule has 0 aliphatic carbocycles. The van der Waals surface area contributed by atoms with E-state index in [0.29, 0.717) is 0 Å². The lowest BCUT2D eigenvalue weighted by molar-refractivity contribution is 1.30. The SMILES string of the molecule is [CH](C=Cc1ccccc1)CC=Cc1ccccc1. The van der Waals surface area contributed by atoms with Crippen molar-refractivity contribution in [3.05, 3.63) is 90.4 Å². The molecule has 0 aliphatic rings. The van der Waals surface area contributed by atoms with Crippen LogP contribution >= 0.6 is 0 Å². The van der Waals surface area contributed by atoms with Crippen molar-refractivity contribution in [3.8, 4) is 0 Å². The normalized spacial score (nSPS) is 11.3. The van der Waals surface area contributed by atoms with Crippen molar-refractivity contribution < 1.29 is 0 Å². The van der Waals surface area contributed by atoms with E-state index in [1.807, 2.05) is 12.1 Å². The molecular formula is C18H17. The van der Waals surface area contributed by atoms with Crippen LogP contribution in [0.2, 0.25) is 0 Å². The highest BCUT2D eigenvalue weighted by Crippen LogP contribution is 2.05. The van der Waals surface area contributed by atoms with Gasteiger partial charge in [0.2, 0.25) is 0 Å². The summed E-state index contributed by atoms with van der Waals surface area (Å²) in [6, 6.07) is 20.7. The molecule has 0 fully saturated rings. The number of rotatable bonds is 5. The van der Waals surface area contributed by atoms with Crippen LogP contribution < -0.4 is 0 Å². The number of hydrogen-bond donors (Lipinski definition) is 0. The largest absolute Gasteiger partial charge is 0.0833 e. The molecule has 2 rings (SSSR count). The molecule has 0 aliphatic heterocycles. The van der Waals surface area contributed by atoms with Crippen LogP contribution in [0.4, 0.5) is 0 Å². The topological polar surface area (TPSA) is 0 Å². The molecule has 0 nitrogen and oxygen atoms in total. The summed E-state index contributed by atoms with van der Waals surface area (Å²) in [6.45, 7) is 0. The van der Waals surface area contributed by atoms with Crippen LogP contribution in [0.5, 0.6) is 0 Å². The van der Waals surface area contributed by atoms with Gasteiger partial charge in [0.25, 0.3) is 0 Å². The zero-order chi connectivity index (χ0) is 12.5. The molecule has 0 aromatic heterocycles. The Balaban J connectivity index is 1.73. The average Bonchev–Trinajstić information content (AvgIpc) is 2.45. The Kier molecular flexibility index (Phi) is 5.01. The first-order valence-corrected chi connectivity index (χ1v) is 6.22. The maximum atomic E-state index is 2.17. The molecule has 0 N–H and O–H groups in total. The van der Waals surface area contributed by atoms with Gasteiger partial charge >= 0.3 is 0 Å². The van der Waals surface area contributed by atoms with E-state index >= 15 is 0 Å². The van der Waals surface area contributed by atoms with Crippen LogP contribution in [0.25, 0.3) is 12.2 Å².